The molecule has 0 aliphatic carbocycles. The van der Waals surface area contributed by atoms with Crippen LogP contribution in [0.2, 0.25) is 0 Å². The van der Waals surface area contributed by atoms with Crippen molar-refractivity contribution in [1.29, 1.82) is 0 Å². The van der Waals surface area contributed by atoms with Gasteiger partial charge < -0.3 is 9.72 Å². The summed E-state index contributed by atoms with van der Waals surface area (Å²) in [7, 11) is 1.45. The summed E-state index contributed by atoms with van der Waals surface area (Å²) in [5.41, 5.74) is 3.97. The van der Waals surface area contributed by atoms with Crippen molar-refractivity contribution >= 4 is 11.6 Å². The van der Waals surface area contributed by atoms with E-state index >= 15 is 0 Å². The van der Waals surface area contributed by atoms with Crippen molar-refractivity contribution in [1.82, 2.24) is 14.7 Å². The third-order valence-corrected chi connectivity index (χ3v) is 4.71. The molecule has 0 fully saturated rings. The maximum Gasteiger partial charge on any atom is 0.251 e. The summed E-state index contributed by atoms with van der Waals surface area (Å²) in [5.74, 6) is -2.52. The van der Waals surface area contributed by atoms with Gasteiger partial charge in [-0.2, -0.15) is 0 Å². The van der Waals surface area contributed by atoms with Gasteiger partial charge in [-0.05, 0) is 36.2 Å². The van der Waals surface area contributed by atoms with Gasteiger partial charge in [-0.25, -0.2) is 13.8 Å². The van der Waals surface area contributed by atoms with Gasteiger partial charge in [-0.3, -0.25) is 4.79 Å². The van der Waals surface area contributed by atoms with Crippen molar-refractivity contribution in [2.45, 2.75) is 6.92 Å². The molecule has 0 saturated carbocycles. The second-order valence-corrected chi connectivity index (χ2v) is 6.49. The van der Waals surface area contributed by atoms with Crippen LogP contribution in [0.5, 0.6) is 0 Å². The van der Waals surface area contributed by atoms with Crippen molar-refractivity contribution in [2.75, 3.05) is 7.05 Å². The summed E-state index contributed by atoms with van der Waals surface area (Å²) >= 11 is 0. The Morgan fingerprint density at radius 1 is 1.04 bits per heavy atom. The highest BCUT2D eigenvalue weighted by molar-refractivity contribution is 6.01. The normalized spacial score (nSPS) is 11.0. The molecule has 0 atom stereocenters. The molecule has 0 aliphatic heterocycles. The highest BCUT2D eigenvalue weighted by Gasteiger charge is 2.19. The number of amides is 1. The lowest BCUT2D eigenvalue weighted by Crippen LogP contribution is -2.19. The summed E-state index contributed by atoms with van der Waals surface area (Å²) in [6, 6.07) is 13.1. The first-order valence-electron chi connectivity index (χ1n) is 8.75. The van der Waals surface area contributed by atoms with E-state index in [-0.39, 0.29) is 11.1 Å². The van der Waals surface area contributed by atoms with Crippen LogP contribution in [0.25, 0.3) is 28.0 Å². The molecule has 2 aromatic carbocycles. The summed E-state index contributed by atoms with van der Waals surface area (Å²) in [6.07, 6.45) is 3.83. The number of nitrogens with one attached hydrogen (secondary N) is 1. The smallest absolute Gasteiger partial charge is 0.251 e. The van der Waals surface area contributed by atoms with Gasteiger partial charge >= 0.3 is 0 Å². The number of hydrogen-bond acceptors (Lipinski definition) is 2. The number of rotatable bonds is 3. The molecule has 28 heavy (non-hydrogen) atoms. The molecule has 1 N–H and O–H groups in total. The molecule has 6 heteroatoms. The van der Waals surface area contributed by atoms with Crippen molar-refractivity contribution in [2.24, 2.45) is 0 Å². The van der Waals surface area contributed by atoms with E-state index in [0.717, 1.165) is 28.5 Å². The zero-order valence-corrected chi connectivity index (χ0v) is 15.3. The Kier molecular flexibility index (Phi) is 4.39. The molecule has 140 valence electrons. The van der Waals surface area contributed by atoms with Crippen LogP contribution in [-0.2, 0) is 0 Å². The van der Waals surface area contributed by atoms with Gasteiger partial charge in [0.2, 0.25) is 0 Å². The van der Waals surface area contributed by atoms with Crippen LogP contribution in [0, 0.1) is 18.6 Å². The first-order chi connectivity index (χ1) is 13.5. The van der Waals surface area contributed by atoms with Gasteiger partial charge in [0.15, 0.2) is 11.6 Å². The van der Waals surface area contributed by atoms with Crippen LogP contribution in [0.3, 0.4) is 0 Å². The Hall–Kier alpha value is -3.54. The molecule has 0 spiro atoms. The summed E-state index contributed by atoms with van der Waals surface area (Å²) in [4.78, 5) is 16.7. The minimum Gasteiger partial charge on any atom is -0.355 e. The Balaban J connectivity index is 1.79. The molecular weight excluding hydrogens is 360 g/mol. The van der Waals surface area contributed by atoms with Crippen LogP contribution < -0.4 is 5.32 Å². The number of aromatic nitrogens is 2. The average Bonchev–Trinajstić information content (AvgIpc) is 3.15. The molecule has 1 amide bonds. The van der Waals surface area contributed by atoms with E-state index in [2.05, 4.69) is 10.3 Å². The number of imidazole rings is 1. The maximum atomic E-state index is 14.5. The minimum atomic E-state index is -1.04. The topological polar surface area (TPSA) is 46.4 Å². The van der Waals surface area contributed by atoms with Crippen LogP contribution >= 0.6 is 0 Å². The van der Waals surface area contributed by atoms with E-state index in [0.29, 0.717) is 5.56 Å². The van der Waals surface area contributed by atoms with Gasteiger partial charge in [0.25, 0.3) is 5.91 Å². The summed E-state index contributed by atoms with van der Waals surface area (Å²) in [6.45, 7) is 1.99. The lowest BCUT2D eigenvalue weighted by atomic mass is 9.97. The largest absolute Gasteiger partial charge is 0.355 e. The molecule has 0 bridgehead atoms. The highest BCUT2D eigenvalue weighted by atomic mass is 19.2. The lowest BCUT2D eigenvalue weighted by molar-refractivity contribution is 0.0963. The monoisotopic (exact) mass is 377 g/mol. The van der Waals surface area contributed by atoms with Crippen molar-refractivity contribution in [3.63, 3.8) is 0 Å². The van der Waals surface area contributed by atoms with Crippen LogP contribution in [0.15, 0.2) is 60.9 Å². The fourth-order valence-electron chi connectivity index (χ4n) is 3.26. The van der Waals surface area contributed by atoms with Crippen LogP contribution in [0.4, 0.5) is 8.78 Å². The summed E-state index contributed by atoms with van der Waals surface area (Å²) in [5, 5.41) is 2.45. The Morgan fingerprint density at radius 2 is 1.75 bits per heavy atom. The average molecular weight is 377 g/mol. The standard InChI is InChI=1S/C22H17F2N3O/c1-13-4-3-11-27-12-18(26-21(13)27)14-5-7-15(8-6-14)19-16(22(28)25-2)9-10-17(23)20(19)24/h3-12H,1-2H3,(H,25,28). The van der Waals surface area contributed by atoms with E-state index in [1.165, 1.54) is 13.1 Å². The predicted molar refractivity (Wildman–Crippen MR) is 104 cm³/mol. The zero-order chi connectivity index (χ0) is 19.8. The molecule has 0 saturated heterocycles. The SMILES string of the molecule is CNC(=O)c1ccc(F)c(F)c1-c1ccc(-c2cn3cccc(C)c3n2)cc1. The maximum absolute atomic E-state index is 14.5. The molecule has 2 heterocycles. The van der Waals surface area contributed by atoms with Crippen molar-refractivity contribution in [3.05, 3.63) is 83.7 Å². The number of carbonyl (C=O) groups excluding carboxylic acids is 1. The second kappa shape index (κ2) is 6.88. The third kappa shape index (κ3) is 2.93. The lowest BCUT2D eigenvalue weighted by Gasteiger charge is -2.11. The zero-order valence-electron chi connectivity index (χ0n) is 15.3. The minimum absolute atomic E-state index is 0.0586. The molecule has 0 unspecified atom stereocenters. The third-order valence-electron chi connectivity index (χ3n) is 4.71. The Bertz CT molecular complexity index is 1200. The highest BCUT2D eigenvalue weighted by Crippen LogP contribution is 2.31. The fourth-order valence-corrected chi connectivity index (χ4v) is 3.26. The number of benzene rings is 2. The van der Waals surface area contributed by atoms with E-state index < -0.39 is 17.5 Å². The number of halogens is 2. The van der Waals surface area contributed by atoms with Gasteiger partial charge in [0, 0.05) is 30.6 Å². The number of nitrogens with zero attached hydrogens (tertiary/aromatic N) is 2. The van der Waals surface area contributed by atoms with E-state index in [9.17, 15) is 13.6 Å². The van der Waals surface area contributed by atoms with Gasteiger partial charge in [0.1, 0.15) is 5.65 Å². The van der Waals surface area contributed by atoms with Gasteiger partial charge in [-0.1, -0.05) is 30.3 Å². The van der Waals surface area contributed by atoms with Crippen molar-refractivity contribution < 1.29 is 13.6 Å². The molecule has 4 rings (SSSR count). The number of aryl methyl sites for hydroxylation is 1. The van der Waals surface area contributed by atoms with E-state index in [1.807, 2.05) is 35.9 Å². The Labute approximate surface area is 160 Å². The van der Waals surface area contributed by atoms with Gasteiger partial charge in [-0.15, -0.1) is 0 Å². The quantitative estimate of drug-likeness (QED) is 0.567. The number of hydrogen-bond donors (Lipinski definition) is 1. The number of fused-ring (bicyclic) bond motifs is 1. The second-order valence-electron chi connectivity index (χ2n) is 6.49. The molecule has 4 nitrogen and oxygen atoms in total. The molecule has 0 radical (unpaired) electrons. The van der Waals surface area contributed by atoms with E-state index in [4.69, 9.17) is 0 Å². The first-order valence-corrected chi connectivity index (χ1v) is 8.75. The van der Waals surface area contributed by atoms with E-state index in [1.54, 1.807) is 24.3 Å². The molecule has 2 aromatic heterocycles. The molecule has 4 aromatic rings. The molecule has 0 aliphatic rings. The first kappa shape index (κ1) is 17.9. The van der Waals surface area contributed by atoms with Crippen LogP contribution in [-0.4, -0.2) is 22.3 Å². The van der Waals surface area contributed by atoms with Crippen LogP contribution in [0.1, 0.15) is 15.9 Å². The Morgan fingerprint density at radius 3 is 2.43 bits per heavy atom. The summed E-state index contributed by atoms with van der Waals surface area (Å²) < 4.78 is 30.2. The predicted octanol–water partition coefficient (Wildman–Crippen LogP) is 4.61. The fraction of sp³-hybridized carbons (Fsp3) is 0.0909. The molecular formula is C22H17F2N3O. The van der Waals surface area contributed by atoms with Crippen molar-refractivity contribution in [3.8, 4) is 22.4 Å². The number of carbonyl (C=O) groups is 1. The number of pyridine rings is 1. The van der Waals surface area contributed by atoms with Gasteiger partial charge in [0.05, 0.1) is 11.3 Å².